The number of rotatable bonds is 2. The van der Waals surface area contributed by atoms with Crippen molar-refractivity contribution >= 4 is 11.5 Å². The summed E-state index contributed by atoms with van der Waals surface area (Å²) in [4.78, 5) is 11.6. The highest BCUT2D eigenvalue weighted by Gasteiger charge is 2.30. The van der Waals surface area contributed by atoms with Gasteiger partial charge in [0, 0.05) is 23.9 Å². The molecule has 0 aromatic heterocycles. The average molecular weight is 269 g/mol. The number of hydrogen-bond acceptors (Lipinski definition) is 2. The van der Waals surface area contributed by atoms with Crippen LogP contribution in [0.4, 0.5) is 18.9 Å². The van der Waals surface area contributed by atoms with Crippen LogP contribution in [0.15, 0.2) is 36.0 Å². The first-order chi connectivity index (χ1) is 8.97. The van der Waals surface area contributed by atoms with Crippen molar-refractivity contribution < 1.29 is 18.0 Å². The number of carbonyl (C=O) groups excluding carboxylic acids is 1. The van der Waals surface area contributed by atoms with E-state index >= 15 is 0 Å². The Kier molecular flexibility index (Phi) is 3.93. The molecule has 1 aromatic rings. The molecule has 0 heterocycles. The van der Waals surface area contributed by atoms with Gasteiger partial charge in [0.25, 0.3) is 0 Å². The second kappa shape index (κ2) is 5.47. The molecule has 0 radical (unpaired) electrons. The second-order valence-electron chi connectivity index (χ2n) is 4.52. The average Bonchev–Trinajstić information content (AvgIpc) is 2.37. The van der Waals surface area contributed by atoms with E-state index in [1.54, 1.807) is 6.07 Å². The van der Waals surface area contributed by atoms with Gasteiger partial charge in [-0.3, -0.25) is 4.79 Å². The molecule has 0 unspecified atom stereocenters. The van der Waals surface area contributed by atoms with Gasteiger partial charge < -0.3 is 5.32 Å². The second-order valence-corrected chi connectivity index (χ2v) is 4.52. The largest absolute Gasteiger partial charge is 0.416 e. The number of halogens is 3. The van der Waals surface area contributed by atoms with Gasteiger partial charge in [-0.15, -0.1) is 0 Å². The smallest absolute Gasteiger partial charge is 0.361 e. The van der Waals surface area contributed by atoms with Gasteiger partial charge in [-0.25, -0.2) is 0 Å². The molecule has 1 saturated carbocycles. The van der Waals surface area contributed by atoms with E-state index in [1.807, 2.05) is 0 Å². The normalized spacial score (nSPS) is 18.7. The molecule has 2 nitrogen and oxygen atoms in total. The lowest BCUT2D eigenvalue weighted by atomic mass is 9.94. The monoisotopic (exact) mass is 269 g/mol. The third-order valence-electron chi connectivity index (χ3n) is 3.06. The first kappa shape index (κ1) is 13.6. The molecule has 0 spiro atoms. The van der Waals surface area contributed by atoms with Crippen molar-refractivity contribution in [3.05, 3.63) is 41.6 Å². The topological polar surface area (TPSA) is 29.1 Å². The van der Waals surface area contributed by atoms with Crippen molar-refractivity contribution in [3.8, 4) is 0 Å². The molecule has 1 N–H and O–H groups in total. The summed E-state index contributed by atoms with van der Waals surface area (Å²) < 4.78 is 37.6. The summed E-state index contributed by atoms with van der Waals surface area (Å²) in [5, 5.41) is 2.77. The molecular formula is C14H14F3NO. The van der Waals surface area contributed by atoms with Crippen molar-refractivity contribution in [3.63, 3.8) is 0 Å². The van der Waals surface area contributed by atoms with Crippen molar-refractivity contribution in [2.45, 2.75) is 31.9 Å². The van der Waals surface area contributed by atoms with Gasteiger partial charge in [0.1, 0.15) is 0 Å². The molecule has 0 bridgehead atoms. The molecule has 102 valence electrons. The van der Waals surface area contributed by atoms with E-state index in [2.05, 4.69) is 5.32 Å². The van der Waals surface area contributed by atoms with E-state index in [4.69, 9.17) is 0 Å². The highest BCUT2D eigenvalue weighted by molar-refractivity contribution is 5.96. The highest BCUT2D eigenvalue weighted by atomic mass is 19.4. The van der Waals surface area contributed by atoms with Crippen LogP contribution in [0.5, 0.6) is 0 Å². The molecule has 5 heteroatoms. The number of anilines is 1. The number of alkyl halides is 3. The van der Waals surface area contributed by atoms with Crippen LogP contribution < -0.4 is 5.32 Å². The molecule has 0 amide bonds. The summed E-state index contributed by atoms with van der Waals surface area (Å²) >= 11 is 0. The predicted molar refractivity (Wildman–Crippen MR) is 66.6 cm³/mol. The first-order valence-corrected chi connectivity index (χ1v) is 6.13. The van der Waals surface area contributed by atoms with Gasteiger partial charge in [-0.1, -0.05) is 6.07 Å². The number of Topliss-reactive ketones (excluding diaryl/α,β-unsaturated/α-hetero) is 1. The summed E-state index contributed by atoms with van der Waals surface area (Å²) in [5.74, 6) is 0.0747. The Balaban J connectivity index is 2.11. The molecule has 0 aliphatic heterocycles. The molecule has 1 aromatic carbocycles. The number of nitrogens with one attached hydrogen (secondary N) is 1. The third-order valence-corrected chi connectivity index (χ3v) is 3.06. The van der Waals surface area contributed by atoms with Gasteiger partial charge in [-0.05, 0) is 37.5 Å². The van der Waals surface area contributed by atoms with Gasteiger partial charge >= 0.3 is 6.18 Å². The van der Waals surface area contributed by atoms with Crippen LogP contribution in [-0.2, 0) is 11.0 Å². The Hall–Kier alpha value is -1.78. The van der Waals surface area contributed by atoms with Gasteiger partial charge in [0.05, 0.1) is 5.56 Å². The molecule has 1 fully saturated rings. The number of carbonyl (C=O) groups is 1. The summed E-state index contributed by atoms with van der Waals surface area (Å²) in [6, 6.07) is 4.93. The molecule has 0 saturated heterocycles. The van der Waals surface area contributed by atoms with Crippen LogP contribution in [0.2, 0.25) is 0 Å². The minimum Gasteiger partial charge on any atom is -0.361 e. The van der Waals surface area contributed by atoms with E-state index in [-0.39, 0.29) is 5.78 Å². The van der Waals surface area contributed by atoms with E-state index in [0.717, 1.165) is 25.0 Å². The Morgan fingerprint density at radius 1 is 1.16 bits per heavy atom. The van der Waals surface area contributed by atoms with Crippen LogP contribution in [0.25, 0.3) is 0 Å². The van der Waals surface area contributed by atoms with Crippen LogP contribution in [-0.4, -0.2) is 5.78 Å². The van der Waals surface area contributed by atoms with E-state index < -0.39 is 11.7 Å². The minimum atomic E-state index is -4.36. The summed E-state index contributed by atoms with van der Waals surface area (Å²) in [6.45, 7) is 0. The lowest BCUT2D eigenvalue weighted by Crippen LogP contribution is -2.10. The zero-order valence-electron chi connectivity index (χ0n) is 10.3. The molecular weight excluding hydrogens is 255 g/mol. The zero-order chi connectivity index (χ0) is 13.9. The first-order valence-electron chi connectivity index (χ1n) is 6.13. The number of allylic oxidation sites excluding steroid dienone is 1. The number of ketones is 1. The third kappa shape index (κ3) is 3.59. The van der Waals surface area contributed by atoms with Crippen LogP contribution in [0, 0.1) is 0 Å². The minimum absolute atomic E-state index is 0.0747. The van der Waals surface area contributed by atoms with Crippen molar-refractivity contribution in [2.75, 3.05) is 5.32 Å². The van der Waals surface area contributed by atoms with E-state index in [0.29, 0.717) is 24.1 Å². The van der Waals surface area contributed by atoms with Gasteiger partial charge in [-0.2, -0.15) is 13.2 Å². The maximum absolute atomic E-state index is 12.5. The Morgan fingerprint density at radius 3 is 2.58 bits per heavy atom. The predicted octanol–water partition coefficient (Wildman–Crippen LogP) is 4.14. The van der Waals surface area contributed by atoms with Crippen molar-refractivity contribution in [2.24, 2.45) is 0 Å². The number of hydrogen-bond donors (Lipinski definition) is 1. The fourth-order valence-corrected chi connectivity index (χ4v) is 2.01. The molecule has 1 aliphatic rings. The lowest BCUT2D eigenvalue weighted by Gasteiger charge is -2.13. The summed E-state index contributed by atoms with van der Waals surface area (Å²) in [7, 11) is 0. The summed E-state index contributed by atoms with van der Waals surface area (Å²) in [5.41, 5.74) is 0.287. The Labute approximate surface area is 109 Å². The van der Waals surface area contributed by atoms with Crippen LogP contribution in [0.3, 0.4) is 0 Å². The SMILES string of the molecule is O=C1CCCC/C1=C\Nc1cccc(C(F)(F)F)c1. The molecule has 19 heavy (non-hydrogen) atoms. The van der Waals surface area contributed by atoms with E-state index in [1.165, 1.54) is 12.3 Å². The van der Waals surface area contributed by atoms with Gasteiger partial charge in [0.15, 0.2) is 5.78 Å². The highest BCUT2D eigenvalue weighted by Crippen LogP contribution is 2.30. The standard InChI is InChI=1S/C14H14F3NO/c15-14(16,17)11-5-3-6-12(8-11)18-9-10-4-1-2-7-13(10)19/h3,5-6,8-9,18H,1-2,4,7H2/b10-9+. The quantitative estimate of drug-likeness (QED) is 0.817. The fraction of sp³-hybridized carbons (Fsp3) is 0.357. The zero-order valence-corrected chi connectivity index (χ0v) is 10.3. The van der Waals surface area contributed by atoms with Crippen LogP contribution in [0.1, 0.15) is 31.2 Å². The fourth-order valence-electron chi connectivity index (χ4n) is 2.01. The summed E-state index contributed by atoms with van der Waals surface area (Å²) in [6.07, 6.45) is 0.213. The van der Waals surface area contributed by atoms with Gasteiger partial charge in [0.2, 0.25) is 0 Å². The van der Waals surface area contributed by atoms with Crippen LogP contribution >= 0.6 is 0 Å². The van der Waals surface area contributed by atoms with Crippen molar-refractivity contribution in [1.82, 2.24) is 0 Å². The maximum Gasteiger partial charge on any atom is 0.416 e. The maximum atomic E-state index is 12.5. The molecule has 2 rings (SSSR count). The Bertz CT molecular complexity index is 506. The molecule has 1 aliphatic carbocycles. The number of benzene rings is 1. The van der Waals surface area contributed by atoms with E-state index in [9.17, 15) is 18.0 Å². The lowest BCUT2D eigenvalue weighted by molar-refractivity contribution is -0.137. The molecule has 0 atom stereocenters. The van der Waals surface area contributed by atoms with Crippen molar-refractivity contribution in [1.29, 1.82) is 0 Å². The Morgan fingerprint density at radius 2 is 1.89 bits per heavy atom.